The van der Waals surface area contributed by atoms with Crippen LogP contribution in [0.4, 0.5) is 4.79 Å². The molecule has 0 unspecified atom stereocenters. The molecule has 0 radical (unpaired) electrons. The van der Waals surface area contributed by atoms with Crippen LogP contribution in [-0.2, 0) is 11.4 Å². The van der Waals surface area contributed by atoms with Gasteiger partial charge in [0, 0.05) is 5.02 Å². The van der Waals surface area contributed by atoms with Crippen molar-refractivity contribution in [2.75, 3.05) is 6.61 Å². The molecule has 0 aliphatic carbocycles. The largest absolute Gasteiger partial charge is 0.490 e. The Morgan fingerprint density at radius 3 is 2.50 bits per heavy atom. The van der Waals surface area contributed by atoms with Crippen molar-refractivity contribution in [2.24, 2.45) is 0 Å². The van der Waals surface area contributed by atoms with Crippen LogP contribution in [0.15, 0.2) is 47.4 Å². The summed E-state index contributed by atoms with van der Waals surface area (Å²) in [6.45, 7) is 2.74. The van der Waals surface area contributed by atoms with Crippen molar-refractivity contribution in [1.82, 2.24) is 5.32 Å². The minimum Gasteiger partial charge on any atom is -0.490 e. The first-order valence-corrected chi connectivity index (χ1v) is 9.13. The number of hydrogen-bond acceptors (Lipinski definition) is 5. The molecular formula is C19H16ClNO4S. The molecule has 26 heavy (non-hydrogen) atoms. The molecule has 0 aromatic heterocycles. The quantitative estimate of drug-likeness (QED) is 0.729. The monoisotopic (exact) mass is 389 g/mol. The molecule has 1 aliphatic heterocycles. The predicted molar refractivity (Wildman–Crippen MR) is 103 cm³/mol. The molecule has 1 heterocycles. The summed E-state index contributed by atoms with van der Waals surface area (Å²) < 4.78 is 11.5. The van der Waals surface area contributed by atoms with Gasteiger partial charge < -0.3 is 9.47 Å². The molecule has 1 aliphatic rings. The lowest BCUT2D eigenvalue weighted by Gasteiger charge is -2.13. The molecule has 5 nitrogen and oxygen atoms in total. The van der Waals surface area contributed by atoms with E-state index in [4.69, 9.17) is 21.1 Å². The van der Waals surface area contributed by atoms with E-state index in [1.54, 1.807) is 18.2 Å². The van der Waals surface area contributed by atoms with Crippen LogP contribution in [0.25, 0.3) is 6.08 Å². The van der Waals surface area contributed by atoms with Crippen molar-refractivity contribution in [3.8, 4) is 11.5 Å². The second-order valence-electron chi connectivity index (χ2n) is 5.41. The smallest absolute Gasteiger partial charge is 0.290 e. The maximum absolute atomic E-state index is 11.7. The molecule has 1 N–H and O–H groups in total. The Hall–Kier alpha value is -2.44. The number of rotatable bonds is 6. The summed E-state index contributed by atoms with van der Waals surface area (Å²) in [4.78, 5) is 23.3. The van der Waals surface area contributed by atoms with Gasteiger partial charge in [-0.25, -0.2) is 0 Å². The number of thioether (sulfide) groups is 1. The second kappa shape index (κ2) is 8.29. The van der Waals surface area contributed by atoms with Crippen molar-refractivity contribution in [2.45, 2.75) is 13.5 Å². The number of ether oxygens (including phenoxy) is 2. The Bertz CT molecular complexity index is 864. The highest BCUT2D eigenvalue weighted by molar-refractivity contribution is 8.18. The summed E-state index contributed by atoms with van der Waals surface area (Å²) in [5, 5.41) is 2.54. The van der Waals surface area contributed by atoms with E-state index in [0.29, 0.717) is 34.6 Å². The summed E-state index contributed by atoms with van der Waals surface area (Å²) >= 11 is 6.76. The molecule has 0 saturated carbocycles. The van der Waals surface area contributed by atoms with Gasteiger partial charge in [-0.2, -0.15) is 0 Å². The number of imide groups is 1. The van der Waals surface area contributed by atoms with Crippen LogP contribution in [0.1, 0.15) is 18.1 Å². The van der Waals surface area contributed by atoms with Gasteiger partial charge in [0.2, 0.25) is 0 Å². The van der Waals surface area contributed by atoms with Crippen molar-refractivity contribution in [3.63, 3.8) is 0 Å². The Morgan fingerprint density at radius 2 is 1.85 bits per heavy atom. The Kier molecular flexibility index (Phi) is 5.85. The summed E-state index contributed by atoms with van der Waals surface area (Å²) in [5.41, 5.74) is 1.74. The third-order valence-electron chi connectivity index (χ3n) is 3.52. The Morgan fingerprint density at radius 1 is 1.08 bits per heavy atom. The van der Waals surface area contributed by atoms with E-state index in [1.165, 1.54) is 0 Å². The maximum Gasteiger partial charge on any atom is 0.290 e. The van der Waals surface area contributed by atoms with Crippen LogP contribution in [0.2, 0.25) is 5.02 Å². The minimum absolute atomic E-state index is 0.354. The van der Waals surface area contributed by atoms with Gasteiger partial charge in [-0.3, -0.25) is 14.9 Å². The van der Waals surface area contributed by atoms with Crippen molar-refractivity contribution in [1.29, 1.82) is 0 Å². The lowest BCUT2D eigenvalue weighted by molar-refractivity contribution is -0.115. The second-order valence-corrected chi connectivity index (χ2v) is 6.86. The van der Waals surface area contributed by atoms with Gasteiger partial charge in [0.15, 0.2) is 11.5 Å². The number of nitrogens with one attached hydrogen (secondary N) is 1. The van der Waals surface area contributed by atoms with Crippen molar-refractivity contribution < 1.29 is 19.1 Å². The highest BCUT2D eigenvalue weighted by Gasteiger charge is 2.25. The van der Waals surface area contributed by atoms with Crippen LogP contribution in [0.3, 0.4) is 0 Å². The standard InChI is InChI=1S/C19H16ClNO4S/c1-2-24-16-9-13(10-17-18(22)21-19(23)26-17)5-8-15(16)25-11-12-3-6-14(20)7-4-12/h3-10H,2,11H2,1H3,(H,21,22,23)/b17-10+. The number of carbonyl (C=O) groups excluding carboxylic acids is 2. The topological polar surface area (TPSA) is 64.6 Å². The van der Waals surface area contributed by atoms with Crippen LogP contribution < -0.4 is 14.8 Å². The van der Waals surface area contributed by atoms with Gasteiger partial charge in [0.1, 0.15) is 6.61 Å². The molecule has 0 spiro atoms. The van der Waals surface area contributed by atoms with E-state index < -0.39 is 0 Å². The fourth-order valence-electron chi connectivity index (χ4n) is 2.32. The first-order valence-electron chi connectivity index (χ1n) is 7.94. The summed E-state index contributed by atoms with van der Waals surface area (Å²) in [6, 6.07) is 12.8. The van der Waals surface area contributed by atoms with E-state index in [1.807, 2.05) is 37.3 Å². The average Bonchev–Trinajstić information content (AvgIpc) is 2.93. The normalized spacial score (nSPS) is 15.2. The SMILES string of the molecule is CCOc1cc(/C=C2/SC(=O)NC2=O)ccc1OCc1ccc(Cl)cc1. The zero-order chi connectivity index (χ0) is 18.5. The highest BCUT2D eigenvalue weighted by Crippen LogP contribution is 2.32. The molecule has 3 rings (SSSR count). The summed E-state index contributed by atoms with van der Waals surface area (Å²) in [7, 11) is 0. The molecular weight excluding hydrogens is 374 g/mol. The van der Waals surface area contributed by atoms with E-state index >= 15 is 0 Å². The van der Waals surface area contributed by atoms with Crippen LogP contribution in [0, 0.1) is 0 Å². The zero-order valence-corrected chi connectivity index (χ0v) is 15.5. The number of carbonyl (C=O) groups is 2. The fraction of sp³-hybridized carbons (Fsp3) is 0.158. The first-order chi connectivity index (χ1) is 12.5. The van der Waals surface area contributed by atoms with E-state index in [2.05, 4.69) is 5.32 Å². The maximum atomic E-state index is 11.7. The number of amides is 2. The number of benzene rings is 2. The van der Waals surface area contributed by atoms with Crippen LogP contribution in [0.5, 0.6) is 11.5 Å². The molecule has 1 fully saturated rings. The van der Waals surface area contributed by atoms with Gasteiger partial charge in [0.05, 0.1) is 11.5 Å². The first kappa shape index (κ1) is 18.4. The van der Waals surface area contributed by atoms with Gasteiger partial charge in [-0.1, -0.05) is 29.8 Å². The molecule has 0 bridgehead atoms. The Balaban J connectivity index is 1.78. The highest BCUT2D eigenvalue weighted by atomic mass is 35.5. The third kappa shape index (κ3) is 4.59. The molecule has 2 amide bonds. The van der Waals surface area contributed by atoms with Crippen molar-refractivity contribution >= 4 is 40.6 Å². The zero-order valence-electron chi connectivity index (χ0n) is 14.0. The van der Waals surface area contributed by atoms with E-state index in [0.717, 1.165) is 22.9 Å². The van der Waals surface area contributed by atoms with E-state index in [-0.39, 0.29) is 11.1 Å². The molecule has 134 valence electrons. The van der Waals surface area contributed by atoms with Crippen LogP contribution >= 0.6 is 23.4 Å². The molecule has 2 aromatic carbocycles. The molecule has 7 heteroatoms. The molecule has 0 atom stereocenters. The average molecular weight is 390 g/mol. The third-order valence-corrected chi connectivity index (χ3v) is 4.58. The minimum atomic E-state index is -0.388. The molecule has 2 aromatic rings. The summed E-state index contributed by atoms with van der Waals surface area (Å²) in [6.07, 6.45) is 1.65. The van der Waals surface area contributed by atoms with Gasteiger partial charge in [0.25, 0.3) is 11.1 Å². The predicted octanol–water partition coefficient (Wildman–Crippen LogP) is 4.64. The lowest BCUT2D eigenvalue weighted by atomic mass is 10.2. The van der Waals surface area contributed by atoms with Gasteiger partial charge >= 0.3 is 0 Å². The summed E-state index contributed by atoms with van der Waals surface area (Å²) in [5.74, 6) is 0.787. The number of halogens is 1. The van der Waals surface area contributed by atoms with Gasteiger partial charge in [-0.15, -0.1) is 0 Å². The van der Waals surface area contributed by atoms with Crippen molar-refractivity contribution in [3.05, 3.63) is 63.5 Å². The lowest BCUT2D eigenvalue weighted by Crippen LogP contribution is -2.17. The van der Waals surface area contributed by atoms with E-state index in [9.17, 15) is 9.59 Å². The van der Waals surface area contributed by atoms with Gasteiger partial charge in [-0.05, 0) is 60.2 Å². The van der Waals surface area contributed by atoms with Crippen LogP contribution in [-0.4, -0.2) is 17.8 Å². The Labute approximate surface area is 160 Å². The number of hydrogen-bond donors (Lipinski definition) is 1. The fourth-order valence-corrected chi connectivity index (χ4v) is 3.12. The molecule has 1 saturated heterocycles.